The maximum absolute atomic E-state index is 2.33. The molecule has 0 nitrogen and oxygen atoms in total. The highest BCUT2D eigenvalue weighted by Crippen LogP contribution is 2.37. The van der Waals surface area contributed by atoms with E-state index in [4.69, 9.17) is 0 Å². The van der Waals surface area contributed by atoms with Crippen LogP contribution in [0.3, 0.4) is 0 Å². The first-order chi connectivity index (χ1) is 13.9. The molecule has 0 aliphatic carbocycles. The lowest BCUT2D eigenvalue weighted by atomic mass is 9.91. The second kappa shape index (κ2) is 5.94. The topological polar surface area (TPSA) is 0 Å². The van der Waals surface area contributed by atoms with Crippen LogP contribution in [0.5, 0.6) is 0 Å². The molecule has 0 saturated heterocycles. The molecule has 0 saturated carbocycles. The normalized spacial score (nSPS) is 11.6. The molecule has 0 heterocycles. The lowest BCUT2D eigenvalue weighted by Crippen LogP contribution is -1.86. The van der Waals surface area contributed by atoms with Gasteiger partial charge in [-0.2, -0.15) is 0 Å². The molecule has 0 radical (unpaired) electrons. The predicted molar refractivity (Wildman–Crippen MR) is 122 cm³/mol. The molecule has 130 valence electrons. The van der Waals surface area contributed by atoms with Gasteiger partial charge in [0.2, 0.25) is 0 Å². The van der Waals surface area contributed by atoms with E-state index in [1.54, 1.807) is 0 Å². The number of hydrogen-bond acceptors (Lipinski definition) is 0. The van der Waals surface area contributed by atoms with E-state index >= 15 is 0 Å². The zero-order valence-corrected chi connectivity index (χ0v) is 15.4. The summed E-state index contributed by atoms with van der Waals surface area (Å²) in [5.41, 5.74) is 2.59. The Morgan fingerprint density at radius 1 is 0.286 bits per heavy atom. The van der Waals surface area contributed by atoms with Crippen LogP contribution in [-0.4, -0.2) is 0 Å². The molecule has 0 aliphatic heterocycles. The third-order valence-electron chi connectivity index (χ3n) is 5.82. The minimum absolute atomic E-state index is 1.29. The smallest absolute Gasteiger partial charge is 0.00987 e. The zero-order chi connectivity index (χ0) is 18.5. The predicted octanol–water partition coefficient (Wildman–Crippen LogP) is 7.97. The third kappa shape index (κ3) is 2.25. The highest BCUT2D eigenvalue weighted by molar-refractivity contribution is 6.15. The molecule has 0 aromatic heterocycles. The van der Waals surface area contributed by atoms with Crippen molar-refractivity contribution in [1.82, 2.24) is 0 Å². The van der Waals surface area contributed by atoms with Crippen molar-refractivity contribution in [3.05, 3.63) is 109 Å². The molecule has 0 heteroatoms. The van der Waals surface area contributed by atoms with Gasteiger partial charge >= 0.3 is 0 Å². The summed E-state index contributed by atoms with van der Waals surface area (Å²) in [4.78, 5) is 0. The molecule has 0 N–H and O–H groups in total. The summed E-state index contributed by atoms with van der Waals surface area (Å²) >= 11 is 0. The van der Waals surface area contributed by atoms with Crippen LogP contribution in [0.2, 0.25) is 0 Å². The number of benzene rings is 6. The minimum atomic E-state index is 1.29. The largest absolute Gasteiger partial charge is 0.0616 e. The summed E-state index contributed by atoms with van der Waals surface area (Å²) in [5.74, 6) is 0. The van der Waals surface area contributed by atoms with Crippen LogP contribution in [0, 0.1) is 0 Å². The van der Waals surface area contributed by atoms with Crippen LogP contribution < -0.4 is 0 Å². The Labute approximate surface area is 163 Å². The van der Waals surface area contributed by atoms with Crippen molar-refractivity contribution >= 4 is 43.1 Å². The van der Waals surface area contributed by atoms with Crippen LogP contribution in [0.15, 0.2) is 109 Å². The molecule has 0 atom stereocenters. The van der Waals surface area contributed by atoms with Crippen LogP contribution >= 0.6 is 0 Å². The van der Waals surface area contributed by atoms with Gasteiger partial charge in [-0.3, -0.25) is 0 Å². The Hall–Kier alpha value is -3.64. The van der Waals surface area contributed by atoms with Crippen molar-refractivity contribution in [2.45, 2.75) is 0 Å². The first-order valence-electron chi connectivity index (χ1n) is 9.71. The Morgan fingerprint density at radius 2 is 0.893 bits per heavy atom. The average Bonchev–Trinajstić information content (AvgIpc) is 2.77. The summed E-state index contributed by atoms with van der Waals surface area (Å²) in [6.45, 7) is 0. The van der Waals surface area contributed by atoms with Gasteiger partial charge in [-0.1, -0.05) is 97.1 Å². The van der Waals surface area contributed by atoms with Crippen molar-refractivity contribution in [1.29, 1.82) is 0 Å². The Kier molecular flexibility index (Phi) is 3.27. The summed E-state index contributed by atoms with van der Waals surface area (Å²) < 4.78 is 0. The Balaban J connectivity index is 1.72. The van der Waals surface area contributed by atoms with Crippen LogP contribution in [-0.2, 0) is 0 Å². The Morgan fingerprint density at radius 3 is 1.75 bits per heavy atom. The minimum Gasteiger partial charge on any atom is -0.0616 e. The molecule has 0 unspecified atom stereocenters. The van der Waals surface area contributed by atoms with E-state index in [9.17, 15) is 0 Å². The molecule has 0 spiro atoms. The maximum Gasteiger partial charge on any atom is -0.00987 e. The van der Waals surface area contributed by atoms with E-state index in [0.29, 0.717) is 0 Å². The van der Waals surface area contributed by atoms with Crippen molar-refractivity contribution in [3.8, 4) is 11.1 Å². The second-order valence-corrected chi connectivity index (χ2v) is 7.41. The summed E-state index contributed by atoms with van der Waals surface area (Å²) in [6.07, 6.45) is 0. The second-order valence-electron chi connectivity index (χ2n) is 7.41. The fourth-order valence-electron chi connectivity index (χ4n) is 4.48. The van der Waals surface area contributed by atoms with Crippen molar-refractivity contribution in [3.63, 3.8) is 0 Å². The Bertz CT molecular complexity index is 1490. The lowest BCUT2D eigenvalue weighted by molar-refractivity contribution is 1.70. The third-order valence-corrected chi connectivity index (χ3v) is 5.82. The summed E-state index contributed by atoms with van der Waals surface area (Å²) in [5, 5.41) is 10.4. The first-order valence-corrected chi connectivity index (χ1v) is 9.71. The molecule has 0 amide bonds. The lowest BCUT2D eigenvalue weighted by Gasteiger charge is -2.13. The van der Waals surface area contributed by atoms with E-state index in [2.05, 4.69) is 109 Å². The number of fused-ring (bicyclic) bond motifs is 5. The van der Waals surface area contributed by atoms with E-state index < -0.39 is 0 Å². The molecule has 0 bridgehead atoms. The van der Waals surface area contributed by atoms with Crippen LogP contribution in [0.1, 0.15) is 0 Å². The van der Waals surface area contributed by atoms with E-state index in [1.807, 2.05) is 0 Å². The van der Waals surface area contributed by atoms with Gasteiger partial charge in [-0.25, -0.2) is 0 Å². The van der Waals surface area contributed by atoms with Crippen LogP contribution in [0.4, 0.5) is 0 Å². The standard InChI is InChI=1S/C28H18/c1-2-9-21-18-28-22(17-20(21)8-1)10-5-12-26(28)25-14-6-13-24-23-11-4-3-7-19(23)15-16-27(24)25/h1-18H. The molecule has 28 heavy (non-hydrogen) atoms. The first kappa shape index (κ1) is 15.4. The number of rotatable bonds is 1. The van der Waals surface area contributed by atoms with Gasteiger partial charge in [-0.05, 0) is 66.3 Å². The van der Waals surface area contributed by atoms with Crippen molar-refractivity contribution in [2.75, 3.05) is 0 Å². The van der Waals surface area contributed by atoms with Crippen molar-refractivity contribution in [2.24, 2.45) is 0 Å². The fraction of sp³-hybridized carbons (Fsp3) is 0. The molecule has 6 rings (SSSR count). The van der Waals surface area contributed by atoms with Crippen molar-refractivity contribution < 1.29 is 0 Å². The SMILES string of the molecule is c1ccc2cc3c(-c4cccc5c4ccc4ccccc45)cccc3cc2c1. The van der Waals surface area contributed by atoms with Gasteiger partial charge in [0.1, 0.15) is 0 Å². The fourth-order valence-corrected chi connectivity index (χ4v) is 4.48. The molecule has 0 fully saturated rings. The number of hydrogen-bond donors (Lipinski definition) is 0. The molecular formula is C28H18. The van der Waals surface area contributed by atoms with Gasteiger partial charge in [0.15, 0.2) is 0 Å². The van der Waals surface area contributed by atoms with Gasteiger partial charge in [0.05, 0.1) is 0 Å². The molecule has 6 aromatic rings. The van der Waals surface area contributed by atoms with Gasteiger partial charge in [0, 0.05) is 0 Å². The highest BCUT2D eigenvalue weighted by atomic mass is 14.1. The van der Waals surface area contributed by atoms with Gasteiger partial charge in [-0.15, -0.1) is 0 Å². The zero-order valence-electron chi connectivity index (χ0n) is 15.4. The summed E-state index contributed by atoms with van der Waals surface area (Å²) in [7, 11) is 0. The van der Waals surface area contributed by atoms with Crippen LogP contribution in [0.25, 0.3) is 54.2 Å². The molecule has 6 aromatic carbocycles. The monoisotopic (exact) mass is 354 g/mol. The molecule has 0 aliphatic rings. The maximum atomic E-state index is 2.33. The highest BCUT2D eigenvalue weighted by Gasteiger charge is 2.10. The van der Waals surface area contributed by atoms with E-state index in [-0.39, 0.29) is 0 Å². The van der Waals surface area contributed by atoms with Gasteiger partial charge < -0.3 is 0 Å². The summed E-state index contributed by atoms with van der Waals surface area (Å²) in [6, 6.07) is 39.7. The molecular weight excluding hydrogens is 336 g/mol. The van der Waals surface area contributed by atoms with E-state index in [0.717, 1.165) is 0 Å². The quantitative estimate of drug-likeness (QED) is 0.207. The average molecular weight is 354 g/mol. The van der Waals surface area contributed by atoms with Gasteiger partial charge in [0.25, 0.3) is 0 Å². The van der Waals surface area contributed by atoms with E-state index in [1.165, 1.54) is 54.2 Å².